The maximum atomic E-state index is 4.13. The number of nitrogens with one attached hydrogen (secondary N) is 1. The maximum Gasteiger partial charge on any atom is 0.0313 e. The molecule has 0 saturated heterocycles. The van der Waals surface area contributed by atoms with Crippen molar-refractivity contribution in [3.63, 3.8) is 0 Å². The van der Waals surface area contributed by atoms with E-state index in [0.29, 0.717) is 0 Å². The van der Waals surface area contributed by atoms with Gasteiger partial charge in [-0.1, -0.05) is 22.0 Å². The van der Waals surface area contributed by atoms with Crippen molar-refractivity contribution < 1.29 is 0 Å². The van der Waals surface area contributed by atoms with Gasteiger partial charge in [0.05, 0.1) is 0 Å². The fraction of sp³-hybridized carbons (Fsp3) is 0.500. The van der Waals surface area contributed by atoms with Crippen molar-refractivity contribution in [3.05, 3.63) is 29.6 Å². The van der Waals surface area contributed by atoms with E-state index in [1.807, 2.05) is 12.4 Å². The molecule has 0 radical (unpaired) electrons. The molecule has 1 aromatic heterocycles. The summed E-state index contributed by atoms with van der Waals surface area (Å²) < 4.78 is 0. The third-order valence-corrected chi connectivity index (χ3v) is 2.31. The molecule has 0 saturated carbocycles. The minimum atomic E-state index is 0.918. The molecule has 13 heavy (non-hydrogen) atoms. The number of hydrogen-bond acceptors (Lipinski definition) is 2. The maximum absolute atomic E-state index is 4.13. The van der Waals surface area contributed by atoms with Crippen molar-refractivity contribution in [2.75, 3.05) is 11.9 Å². The summed E-state index contributed by atoms with van der Waals surface area (Å²) in [5, 5.41) is 4.42. The summed E-state index contributed by atoms with van der Waals surface area (Å²) in [7, 11) is 0. The molecule has 0 aliphatic rings. The first-order valence-electron chi connectivity index (χ1n) is 4.50. The van der Waals surface area contributed by atoms with Gasteiger partial charge in [-0.25, -0.2) is 0 Å². The normalized spacial score (nSPS) is 10.3. The molecule has 0 bridgehead atoms. The largest absolute Gasteiger partial charge is 0.313 e. The minimum absolute atomic E-state index is 0.918. The third kappa shape index (κ3) is 4.39. The van der Waals surface area contributed by atoms with E-state index < -0.39 is 0 Å². The molecule has 1 N–H and O–H groups in total. The van der Waals surface area contributed by atoms with Gasteiger partial charge in [-0.3, -0.25) is 4.98 Å². The van der Waals surface area contributed by atoms with E-state index >= 15 is 0 Å². The average molecular weight is 243 g/mol. The van der Waals surface area contributed by atoms with Crippen molar-refractivity contribution in [3.8, 4) is 0 Å². The Morgan fingerprint density at radius 3 is 3.00 bits per heavy atom. The lowest BCUT2D eigenvalue weighted by Gasteiger charge is -2.03. The molecule has 3 heteroatoms. The van der Waals surface area contributed by atoms with Crippen molar-refractivity contribution >= 4 is 15.9 Å². The fourth-order valence-electron chi connectivity index (χ4n) is 1.14. The number of aromatic nitrogens is 1. The Bertz CT molecular complexity index is 250. The van der Waals surface area contributed by atoms with Gasteiger partial charge in [0.25, 0.3) is 0 Å². The quantitative estimate of drug-likeness (QED) is 0.633. The van der Waals surface area contributed by atoms with Crippen LogP contribution in [-0.2, 0) is 6.54 Å². The Morgan fingerprint density at radius 2 is 2.31 bits per heavy atom. The zero-order valence-electron chi connectivity index (χ0n) is 7.89. The number of hydrogen-bond donors (Lipinski definition) is 1. The first-order chi connectivity index (χ1) is 6.33. The number of alkyl halides is 1. The van der Waals surface area contributed by atoms with Crippen molar-refractivity contribution in [1.82, 2.24) is 10.3 Å². The lowest BCUT2D eigenvalue weighted by molar-refractivity contribution is 0.678. The van der Waals surface area contributed by atoms with E-state index in [4.69, 9.17) is 0 Å². The molecule has 2 nitrogen and oxygen atoms in total. The van der Waals surface area contributed by atoms with Crippen LogP contribution in [0.5, 0.6) is 0 Å². The zero-order chi connectivity index (χ0) is 9.52. The number of rotatable bonds is 5. The number of aryl methyl sites for hydroxylation is 1. The molecule has 0 fully saturated rings. The topological polar surface area (TPSA) is 24.9 Å². The second-order valence-corrected chi connectivity index (χ2v) is 3.88. The monoisotopic (exact) mass is 242 g/mol. The van der Waals surface area contributed by atoms with Gasteiger partial charge in [-0.15, -0.1) is 0 Å². The average Bonchev–Trinajstić information content (AvgIpc) is 2.13. The number of pyridine rings is 1. The van der Waals surface area contributed by atoms with Crippen LogP contribution in [0.2, 0.25) is 0 Å². The molecule has 0 aromatic carbocycles. The zero-order valence-corrected chi connectivity index (χ0v) is 9.47. The van der Waals surface area contributed by atoms with Crippen LogP contribution in [0, 0.1) is 6.92 Å². The van der Waals surface area contributed by atoms with Crippen LogP contribution in [-0.4, -0.2) is 16.9 Å². The van der Waals surface area contributed by atoms with Gasteiger partial charge in [0.1, 0.15) is 0 Å². The van der Waals surface area contributed by atoms with E-state index in [9.17, 15) is 0 Å². The first-order valence-corrected chi connectivity index (χ1v) is 5.62. The summed E-state index contributed by atoms with van der Waals surface area (Å²) in [6.45, 7) is 4.04. The standard InChI is InChI=1S/C10H15BrN2/c1-9-5-10(8-13-6-9)7-12-4-2-3-11/h5-6,8,12H,2-4,7H2,1H3. The van der Waals surface area contributed by atoms with E-state index in [0.717, 1.165) is 18.4 Å². The molecule has 1 heterocycles. The van der Waals surface area contributed by atoms with Gasteiger partial charge in [0.15, 0.2) is 0 Å². The van der Waals surface area contributed by atoms with Crippen LogP contribution in [0.15, 0.2) is 18.5 Å². The van der Waals surface area contributed by atoms with Crippen molar-refractivity contribution in [2.45, 2.75) is 19.9 Å². The summed E-state index contributed by atoms with van der Waals surface area (Å²) in [5.41, 5.74) is 2.48. The summed E-state index contributed by atoms with van der Waals surface area (Å²) >= 11 is 3.40. The summed E-state index contributed by atoms with van der Waals surface area (Å²) in [4.78, 5) is 4.13. The van der Waals surface area contributed by atoms with Crippen molar-refractivity contribution in [1.29, 1.82) is 0 Å². The first kappa shape index (κ1) is 10.7. The van der Waals surface area contributed by atoms with E-state index in [-0.39, 0.29) is 0 Å². The minimum Gasteiger partial charge on any atom is -0.313 e. The Labute approximate surface area is 87.9 Å². The van der Waals surface area contributed by atoms with Gasteiger partial charge in [-0.2, -0.15) is 0 Å². The molecule has 0 aliphatic heterocycles. The highest BCUT2D eigenvalue weighted by Crippen LogP contribution is 2.00. The second kappa shape index (κ2) is 6.11. The predicted molar refractivity (Wildman–Crippen MR) is 59.1 cm³/mol. The summed E-state index contributed by atoms with van der Waals surface area (Å²) in [6, 6.07) is 2.16. The summed E-state index contributed by atoms with van der Waals surface area (Å²) in [6.07, 6.45) is 4.95. The van der Waals surface area contributed by atoms with Gasteiger partial charge in [0.2, 0.25) is 0 Å². The lowest BCUT2D eigenvalue weighted by Crippen LogP contribution is -2.15. The van der Waals surface area contributed by atoms with Crippen LogP contribution in [0.25, 0.3) is 0 Å². The highest BCUT2D eigenvalue weighted by atomic mass is 79.9. The number of nitrogens with zero attached hydrogens (tertiary/aromatic N) is 1. The third-order valence-electron chi connectivity index (χ3n) is 1.75. The highest BCUT2D eigenvalue weighted by Gasteiger charge is 1.92. The van der Waals surface area contributed by atoms with Gasteiger partial charge in [0, 0.05) is 24.3 Å². The SMILES string of the molecule is Cc1cncc(CNCCCBr)c1. The Hall–Kier alpha value is -0.410. The Morgan fingerprint density at radius 1 is 1.46 bits per heavy atom. The van der Waals surface area contributed by atoms with Crippen molar-refractivity contribution in [2.24, 2.45) is 0 Å². The van der Waals surface area contributed by atoms with E-state index in [1.165, 1.54) is 17.5 Å². The molecule has 0 atom stereocenters. The van der Waals surface area contributed by atoms with Gasteiger partial charge in [-0.05, 0) is 31.0 Å². The highest BCUT2D eigenvalue weighted by molar-refractivity contribution is 9.09. The van der Waals surface area contributed by atoms with Crippen LogP contribution in [0.4, 0.5) is 0 Å². The molecule has 0 unspecified atom stereocenters. The fourth-order valence-corrected chi connectivity index (χ4v) is 1.42. The van der Waals surface area contributed by atoms with E-state index in [2.05, 4.69) is 39.2 Å². The molecule has 0 amide bonds. The second-order valence-electron chi connectivity index (χ2n) is 3.09. The predicted octanol–water partition coefficient (Wildman–Crippen LogP) is 2.26. The molecule has 1 aromatic rings. The molecule has 0 aliphatic carbocycles. The van der Waals surface area contributed by atoms with Crippen LogP contribution in [0.1, 0.15) is 17.5 Å². The van der Waals surface area contributed by atoms with Gasteiger partial charge >= 0.3 is 0 Å². The molecule has 0 spiro atoms. The molecular formula is C10H15BrN2. The van der Waals surface area contributed by atoms with Crippen LogP contribution >= 0.6 is 15.9 Å². The molecular weight excluding hydrogens is 228 g/mol. The molecule has 1 rings (SSSR count). The van der Waals surface area contributed by atoms with Crippen LogP contribution in [0.3, 0.4) is 0 Å². The van der Waals surface area contributed by atoms with Crippen LogP contribution < -0.4 is 5.32 Å². The number of halogens is 1. The Balaban J connectivity index is 2.28. The lowest BCUT2D eigenvalue weighted by atomic mass is 10.2. The smallest absolute Gasteiger partial charge is 0.0313 e. The summed E-state index contributed by atoms with van der Waals surface area (Å²) in [5.74, 6) is 0. The molecule has 72 valence electrons. The Kier molecular flexibility index (Phi) is 5.01. The van der Waals surface area contributed by atoms with Gasteiger partial charge < -0.3 is 5.32 Å². The van der Waals surface area contributed by atoms with E-state index in [1.54, 1.807) is 0 Å².